The van der Waals surface area contributed by atoms with E-state index in [1.54, 1.807) is 31.2 Å². The van der Waals surface area contributed by atoms with Crippen LogP contribution >= 0.6 is 0 Å². The molecule has 0 radical (unpaired) electrons. The third-order valence-electron chi connectivity index (χ3n) is 7.06. The van der Waals surface area contributed by atoms with Crippen molar-refractivity contribution < 1.29 is 38.5 Å². The van der Waals surface area contributed by atoms with Crippen LogP contribution in [0.15, 0.2) is 72.8 Å². The van der Waals surface area contributed by atoms with Gasteiger partial charge in [0.25, 0.3) is 0 Å². The predicted octanol–water partition coefficient (Wildman–Crippen LogP) is 4.57. The summed E-state index contributed by atoms with van der Waals surface area (Å²) in [5.41, 5.74) is 7.28. The second kappa shape index (κ2) is 19.1. The Hall–Kier alpha value is -4.44. The monoisotopic (exact) mass is 622 g/mol. The molecule has 2 aromatic carbocycles. The third kappa shape index (κ3) is 13.4. The third-order valence-corrected chi connectivity index (χ3v) is 7.06. The van der Waals surface area contributed by atoms with Gasteiger partial charge in [-0.1, -0.05) is 88.4 Å². The van der Waals surface area contributed by atoms with Gasteiger partial charge in [0.1, 0.15) is 17.9 Å². The summed E-state index contributed by atoms with van der Waals surface area (Å²) in [5, 5.41) is 12.2. The van der Waals surface area contributed by atoms with E-state index in [9.17, 15) is 24.3 Å². The number of rotatable bonds is 18. The highest BCUT2D eigenvalue weighted by molar-refractivity contribution is 5.91. The number of hydrogen-bond donors (Lipinski definition) is 3. The SMILES string of the molecule is COc1ccc(C[C@@H](NC(=O)/C=C/C[C@H](OC(=O)[C@H](CC(C)C)OC(=O)[C@H](C)CN)[C@H](C)/C=C/c2ccccc2)C(=O)O)cc1. The smallest absolute Gasteiger partial charge is 0.347 e. The molecule has 0 aliphatic carbocycles. The van der Waals surface area contributed by atoms with E-state index in [2.05, 4.69) is 5.32 Å². The molecule has 2 aromatic rings. The normalized spacial score (nSPS) is 14.8. The van der Waals surface area contributed by atoms with E-state index in [-0.39, 0.29) is 37.6 Å². The van der Waals surface area contributed by atoms with Crippen molar-refractivity contribution in [3.05, 3.63) is 84.0 Å². The molecule has 0 saturated carbocycles. The van der Waals surface area contributed by atoms with Gasteiger partial charge in [-0.25, -0.2) is 9.59 Å². The molecule has 10 nitrogen and oxygen atoms in total. The van der Waals surface area contributed by atoms with Crippen LogP contribution in [0, 0.1) is 17.8 Å². The Kier molecular flexibility index (Phi) is 15.6. The van der Waals surface area contributed by atoms with Gasteiger partial charge in [0, 0.05) is 25.3 Å². The van der Waals surface area contributed by atoms with Crippen LogP contribution in [0.25, 0.3) is 6.08 Å². The molecule has 0 aliphatic heterocycles. The van der Waals surface area contributed by atoms with Gasteiger partial charge in [0.05, 0.1) is 13.0 Å². The maximum atomic E-state index is 13.3. The van der Waals surface area contributed by atoms with Gasteiger partial charge in [-0.15, -0.1) is 0 Å². The highest BCUT2D eigenvalue weighted by Gasteiger charge is 2.30. The molecule has 0 bridgehead atoms. The summed E-state index contributed by atoms with van der Waals surface area (Å²) in [5.74, 6) is -3.22. The van der Waals surface area contributed by atoms with Gasteiger partial charge < -0.3 is 30.4 Å². The maximum absolute atomic E-state index is 13.3. The first kappa shape index (κ1) is 36.8. The fraction of sp³-hybridized carbons (Fsp3) is 0.429. The number of carbonyl (C=O) groups is 4. The van der Waals surface area contributed by atoms with Crippen LogP contribution in [0.2, 0.25) is 0 Å². The van der Waals surface area contributed by atoms with Crippen LogP contribution in [0.5, 0.6) is 5.75 Å². The molecule has 244 valence electrons. The first-order valence-electron chi connectivity index (χ1n) is 15.1. The van der Waals surface area contributed by atoms with Crippen molar-refractivity contribution in [2.75, 3.05) is 13.7 Å². The first-order chi connectivity index (χ1) is 21.4. The van der Waals surface area contributed by atoms with Crippen LogP contribution in [0.3, 0.4) is 0 Å². The zero-order valence-electron chi connectivity index (χ0n) is 26.7. The summed E-state index contributed by atoms with van der Waals surface area (Å²) in [4.78, 5) is 50.3. The minimum atomic E-state index is -1.17. The van der Waals surface area contributed by atoms with Gasteiger partial charge in [-0.2, -0.15) is 0 Å². The number of carboxylic acids is 1. The van der Waals surface area contributed by atoms with E-state index in [0.717, 1.165) is 11.1 Å². The summed E-state index contributed by atoms with van der Waals surface area (Å²) in [7, 11) is 1.54. The lowest BCUT2D eigenvalue weighted by molar-refractivity contribution is -0.175. The molecule has 0 aromatic heterocycles. The van der Waals surface area contributed by atoms with Crippen LogP contribution in [0.1, 0.15) is 51.7 Å². The molecular weight excluding hydrogens is 576 g/mol. The number of amides is 1. The second-order valence-electron chi connectivity index (χ2n) is 11.4. The zero-order chi connectivity index (χ0) is 33.4. The molecular formula is C35H46N2O8. The molecule has 10 heteroatoms. The Morgan fingerprint density at radius 1 is 0.933 bits per heavy atom. The molecule has 0 heterocycles. The maximum Gasteiger partial charge on any atom is 0.347 e. The fourth-order valence-electron chi connectivity index (χ4n) is 4.25. The van der Waals surface area contributed by atoms with Crippen molar-refractivity contribution in [3.8, 4) is 5.75 Å². The number of nitrogens with one attached hydrogen (secondary N) is 1. The minimum absolute atomic E-state index is 0.0427. The Bertz CT molecular complexity index is 1290. The van der Waals surface area contributed by atoms with Crippen LogP contribution < -0.4 is 15.8 Å². The van der Waals surface area contributed by atoms with E-state index in [0.29, 0.717) is 5.75 Å². The number of nitrogens with two attached hydrogens (primary N) is 1. The summed E-state index contributed by atoms with van der Waals surface area (Å²) in [6, 6.07) is 15.4. The van der Waals surface area contributed by atoms with Crippen molar-refractivity contribution in [3.63, 3.8) is 0 Å². The van der Waals surface area contributed by atoms with Gasteiger partial charge in [0.2, 0.25) is 5.91 Å². The molecule has 45 heavy (non-hydrogen) atoms. The largest absolute Gasteiger partial charge is 0.497 e. The van der Waals surface area contributed by atoms with Gasteiger partial charge in [-0.3, -0.25) is 9.59 Å². The number of benzene rings is 2. The van der Waals surface area contributed by atoms with Crippen molar-refractivity contribution in [2.24, 2.45) is 23.5 Å². The quantitative estimate of drug-likeness (QED) is 0.160. The Morgan fingerprint density at radius 3 is 2.18 bits per heavy atom. The van der Waals surface area contributed by atoms with E-state index in [1.165, 1.54) is 19.3 Å². The molecule has 0 unspecified atom stereocenters. The summed E-state index contributed by atoms with van der Waals surface area (Å²) in [6.07, 6.45) is 5.25. The summed E-state index contributed by atoms with van der Waals surface area (Å²) >= 11 is 0. The lowest BCUT2D eigenvalue weighted by Crippen LogP contribution is -2.41. The number of carboxylic acid groups (broad SMARTS) is 1. The Balaban J connectivity index is 2.18. The lowest BCUT2D eigenvalue weighted by Gasteiger charge is -2.25. The molecule has 5 atom stereocenters. The number of methoxy groups -OCH3 is 1. The first-order valence-corrected chi connectivity index (χ1v) is 15.1. The van der Waals surface area contributed by atoms with E-state index < -0.39 is 48.0 Å². The van der Waals surface area contributed by atoms with Crippen molar-refractivity contribution in [2.45, 2.75) is 65.2 Å². The topological polar surface area (TPSA) is 154 Å². The molecule has 0 spiro atoms. The minimum Gasteiger partial charge on any atom is -0.497 e. The average Bonchev–Trinajstić information content (AvgIpc) is 3.02. The molecule has 2 rings (SSSR count). The fourth-order valence-corrected chi connectivity index (χ4v) is 4.25. The summed E-state index contributed by atoms with van der Waals surface area (Å²) in [6.45, 7) is 7.40. The van der Waals surface area contributed by atoms with Gasteiger partial charge >= 0.3 is 17.9 Å². The van der Waals surface area contributed by atoms with Gasteiger partial charge in [0.15, 0.2) is 6.10 Å². The van der Waals surface area contributed by atoms with Crippen LogP contribution in [-0.4, -0.2) is 60.8 Å². The Morgan fingerprint density at radius 2 is 1.60 bits per heavy atom. The van der Waals surface area contributed by atoms with Crippen LogP contribution in [-0.2, 0) is 35.1 Å². The highest BCUT2D eigenvalue weighted by Crippen LogP contribution is 2.20. The second-order valence-corrected chi connectivity index (χ2v) is 11.4. The molecule has 4 N–H and O–H groups in total. The number of carbonyl (C=O) groups excluding carboxylic acids is 3. The lowest BCUT2D eigenvalue weighted by atomic mass is 9.99. The molecule has 0 aliphatic rings. The Labute approximate surface area is 265 Å². The number of ether oxygens (including phenoxy) is 3. The van der Waals surface area contributed by atoms with E-state index >= 15 is 0 Å². The van der Waals surface area contributed by atoms with Gasteiger partial charge in [-0.05, 0) is 41.7 Å². The number of esters is 2. The van der Waals surface area contributed by atoms with Crippen molar-refractivity contribution >= 4 is 29.9 Å². The number of aliphatic carboxylic acids is 1. The van der Waals surface area contributed by atoms with Crippen molar-refractivity contribution in [1.82, 2.24) is 5.32 Å². The summed E-state index contributed by atoms with van der Waals surface area (Å²) < 4.78 is 16.5. The zero-order valence-corrected chi connectivity index (χ0v) is 26.7. The predicted molar refractivity (Wildman–Crippen MR) is 172 cm³/mol. The van der Waals surface area contributed by atoms with E-state index in [1.807, 2.05) is 63.3 Å². The van der Waals surface area contributed by atoms with Crippen LogP contribution in [0.4, 0.5) is 0 Å². The highest BCUT2D eigenvalue weighted by atomic mass is 16.6. The molecule has 0 saturated heterocycles. The number of hydrogen-bond acceptors (Lipinski definition) is 8. The van der Waals surface area contributed by atoms with E-state index in [4.69, 9.17) is 19.9 Å². The molecule has 1 amide bonds. The standard InChI is InChI=1S/C35H46N2O8/c1-23(2)20-31(45-34(41)25(4)22-36)35(42)44-30(24(3)14-15-26-10-7-6-8-11-26)12-9-13-32(38)37-29(33(39)40)21-27-16-18-28(43-5)19-17-27/h6-11,13-19,23-25,29-31H,12,20-22,36H2,1-5H3,(H,37,38)(H,39,40)/b13-9+,15-14+/t24-,25-,29-,30+,31+/m1/s1. The average molecular weight is 623 g/mol. The van der Waals surface area contributed by atoms with Crippen molar-refractivity contribution in [1.29, 1.82) is 0 Å². The molecule has 0 fully saturated rings.